The molecule has 0 spiro atoms. The van der Waals surface area contributed by atoms with Crippen molar-refractivity contribution in [3.05, 3.63) is 10.1 Å². The average molecular weight is 234 g/mol. The highest BCUT2D eigenvalue weighted by molar-refractivity contribution is 6.23. The second kappa shape index (κ2) is 2.78. The molecule has 4 nitrogen and oxygen atoms in total. The summed E-state index contributed by atoms with van der Waals surface area (Å²) >= 11 is 6.32. The fourth-order valence-electron chi connectivity index (χ4n) is 3.42. The minimum atomic E-state index is -1.12. The number of alkyl halides is 1. The van der Waals surface area contributed by atoms with E-state index in [0.29, 0.717) is 12.3 Å². The second-order valence-corrected chi connectivity index (χ2v) is 6.15. The molecule has 0 unspecified atom stereocenters. The molecule has 3 atom stereocenters. The SMILES string of the molecule is CC1(C)[C@@H]2CC[C@@]1(C)[C@@](Cl)(O[N+](=O)[O-])C2. The Labute approximate surface area is 94.0 Å². The van der Waals surface area contributed by atoms with E-state index >= 15 is 0 Å². The van der Waals surface area contributed by atoms with E-state index in [-0.39, 0.29) is 10.8 Å². The van der Waals surface area contributed by atoms with Gasteiger partial charge in [0.15, 0.2) is 5.06 Å². The highest BCUT2D eigenvalue weighted by Crippen LogP contribution is 2.71. The molecule has 86 valence electrons. The van der Waals surface area contributed by atoms with Gasteiger partial charge in [0, 0.05) is 5.41 Å². The monoisotopic (exact) mass is 233 g/mol. The summed E-state index contributed by atoms with van der Waals surface area (Å²) in [6.45, 7) is 6.28. The highest BCUT2D eigenvalue weighted by Gasteiger charge is 2.70. The number of fused-ring (bicyclic) bond motifs is 2. The van der Waals surface area contributed by atoms with E-state index in [1.165, 1.54) is 0 Å². The van der Waals surface area contributed by atoms with Crippen molar-refractivity contribution in [1.29, 1.82) is 0 Å². The summed E-state index contributed by atoms with van der Waals surface area (Å²) in [6.07, 6.45) is 2.58. The first kappa shape index (κ1) is 11.0. The van der Waals surface area contributed by atoms with Crippen molar-refractivity contribution < 1.29 is 9.92 Å². The second-order valence-electron chi connectivity index (χ2n) is 5.54. The highest BCUT2D eigenvalue weighted by atomic mass is 35.5. The number of hydrogen-bond acceptors (Lipinski definition) is 3. The van der Waals surface area contributed by atoms with Gasteiger partial charge < -0.3 is 0 Å². The Hall–Kier alpha value is -0.510. The zero-order valence-electron chi connectivity index (χ0n) is 9.25. The lowest BCUT2D eigenvalue weighted by Gasteiger charge is -2.42. The Kier molecular flexibility index (Phi) is 2.04. The van der Waals surface area contributed by atoms with Gasteiger partial charge in [-0.05, 0) is 30.6 Å². The van der Waals surface area contributed by atoms with Crippen LogP contribution in [-0.4, -0.2) is 10.1 Å². The van der Waals surface area contributed by atoms with Crippen LogP contribution in [0.25, 0.3) is 0 Å². The molecule has 15 heavy (non-hydrogen) atoms. The lowest BCUT2D eigenvalue weighted by molar-refractivity contribution is -0.778. The molecule has 2 rings (SSSR count). The van der Waals surface area contributed by atoms with Crippen LogP contribution in [0.2, 0.25) is 0 Å². The third-order valence-corrected chi connectivity index (χ3v) is 5.63. The van der Waals surface area contributed by atoms with Gasteiger partial charge in [-0.2, -0.15) is 0 Å². The van der Waals surface area contributed by atoms with Crippen molar-refractivity contribution >= 4 is 11.6 Å². The maximum absolute atomic E-state index is 10.5. The summed E-state index contributed by atoms with van der Waals surface area (Å²) in [6, 6.07) is 0. The minimum absolute atomic E-state index is 0.0186. The van der Waals surface area contributed by atoms with Crippen LogP contribution < -0.4 is 0 Å². The van der Waals surface area contributed by atoms with Crippen molar-refractivity contribution in [3.63, 3.8) is 0 Å². The molecule has 0 aromatic carbocycles. The Morgan fingerprint density at radius 3 is 2.40 bits per heavy atom. The van der Waals surface area contributed by atoms with Gasteiger partial charge in [0.05, 0.1) is 0 Å². The molecule has 0 aliphatic heterocycles. The van der Waals surface area contributed by atoms with Crippen molar-refractivity contribution in [2.45, 2.75) is 45.1 Å². The number of halogens is 1. The summed E-state index contributed by atoms with van der Waals surface area (Å²) in [4.78, 5) is 15.2. The van der Waals surface area contributed by atoms with Crippen LogP contribution in [0.4, 0.5) is 0 Å². The Balaban J connectivity index is 2.36. The van der Waals surface area contributed by atoms with E-state index in [1.807, 2.05) is 6.92 Å². The molecular formula is C10H16ClNO3. The van der Waals surface area contributed by atoms with Crippen LogP contribution in [0.1, 0.15) is 40.0 Å². The van der Waals surface area contributed by atoms with E-state index < -0.39 is 10.1 Å². The molecule has 0 amide bonds. The van der Waals surface area contributed by atoms with Gasteiger partial charge >= 0.3 is 0 Å². The first-order chi connectivity index (χ1) is 6.73. The molecule has 2 fully saturated rings. The van der Waals surface area contributed by atoms with Crippen molar-refractivity contribution in [1.82, 2.24) is 0 Å². The number of rotatable bonds is 2. The van der Waals surface area contributed by atoms with Gasteiger partial charge in [-0.1, -0.05) is 32.4 Å². The standard InChI is InChI=1S/C10H16ClNO3/c1-8(2)7-4-5-9(8,3)10(11,6-7)15-12(13)14/h7H,4-6H2,1-3H3/t7-,9-,10+/m1/s1. The van der Waals surface area contributed by atoms with Gasteiger partial charge in [0.1, 0.15) is 0 Å². The Morgan fingerprint density at radius 1 is 1.47 bits per heavy atom. The smallest absolute Gasteiger partial charge is 0.291 e. The quantitative estimate of drug-likeness (QED) is 0.419. The van der Waals surface area contributed by atoms with E-state index in [0.717, 1.165) is 12.8 Å². The third-order valence-electron chi connectivity index (χ3n) is 4.99. The zero-order valence-corrected chi connectivity index (χ0v) is 10.0. The van der Waals surface area contributed by atoms with Crippen LogP contribution in [0.15, 0.2) is 0 Å². The number of hydrogen-bond donors (Lipinski definition) is 0. The van der Waals surface area contributed by atoms with Gasteiger partial charge in [-0.25, -0.2) is 0 Å². The topological polar surface area (TPSA) is 52.4 Å². The van der Waals surface area contributed by atoms with Crippen LogP contribution in [0.5, 0.6) is 0 Å². The van der Waals surface area contributed by atoms with Crippen LogP contribution in [0.3, 0.4) is 0 Å². The van der Waals surface area contributed by atoms with Crippen molar-refractivity contribution in [2.75, 3.05) is 0 Å². The van der Waals surface area contributed by atoms with Crippen molar-refractivity contribution in [3.8, 4) is 0 Å². The predicted octanol–water partition coefficient (Wildman–Crippen LogP) is 2.98. The molecule has 0 saturated heterocycles. The lowest BCUT2D eigenvalue weighted by atomic mass is 9.69. The van der Waals surface area contributed by atoms with Crippen LogP contribution >= 0.6 is 11.6 Å². The molecule has 2 bridgehead atoms. The first-order valence-corrected chi connectivity index (χ1v) is 5.63. The fraction of sp³-hybridized carbons (Fsp3) is 1.00. The molecule has 0 aromatic heterocycles. The summed E-state index contributed by atoms with van der Waals surface area (Å²) < 4.78 is 0. The molecule has 2 aliphatic rings. The van der Waals surface area contributed by atoms with E-state index in [9.17, 15) is 10.1 Å². The predicted molar refractivity (Wildman–Crippen MR) is 55.9 cm³/mol. The number of nitrogens with zero attached hydrogens (tertiary/aromatic N) is 1. The fourth-order valence-corrected chi connectivity index (χ4v) is 4.00. The van der Waals surface area contributed by atoms with E-state index in [1.54, 1.807) is 0 Å². The zero-order chi connectivity index (χ0) is 11.5. The molecule has 5 heteroatoms. The maximum Gasteiger partial charge on any atom is 0.296 e. The molecule has 0 heterocycles. The van der Waals surface area contributed by atoms with E-state index in [2.05, 4.69) is 13.8 Å². The molecule has 2 saturated carbocycles. The van der Waals surface area contributed by atoms with Crippen LogP contribution in [-0.2, 0) is 4.84 Å². The molecular weight excluding hydrogens is 218 g/mol. The Bertz CT molecular complexity index is 320. The van der Waals surface area contributed by atoms with Gasteiger partial charge in [0.2, 0.25) is 0 Å². The molecule has 0 aromatic rings. The summed E-state index contributed by atoms with van der Waals surface area (Å²) in [5.41, 5.74) is -0.288. The first-order valence-electron chi connectivity index (χ1n) is 5.25. The molecule has 2 aliphatic carbocycles. The summed E-state index contributed by atoms with van der Waals surface area (Å²) in [5.74, 6) is 0.431. The summed E-state index contributed by atoms with van der Waals surface area (Å²) in [7, 11) is 0. The molecule has 0 N–H and O–H groups in total. The third kappa shape index (κ3) is 1.14. The summed E-state index contributed by atoms with van der Waals surface area (Å²) in [5, 5.41) is 8.61. The minimum Gasteiger partial charge on any atom is -0.291 e. The average Bonchev–Trinajstić information content (AvgIpc) is 2.34. The Morgan fingerprint density at radius 2 is 2.07 bits per heavy atom. The van der Waals surface area contributed by atoms with Crippen LogP contribution in [0, 0.1) is 26.9 Å². The normalized spacial score (nSPS) is 46.8. The maximum atomic E-state index is 10.5. The van der Waals surface area contributed by atoms with Gasteiger partial charge in [0.25, 0.3) is 5.09 Å². The van der Waals surface area contributed by atoms with Gasteiger partial charge in [-0.15, -0.1) is 10.1 Å². The largest absolute Gasteiger partial charge is 0.296 e. The molecule has 0 radical (unpaired) electrons. The van der Waals surface area contributed by atoms with E-state index in [4.69, 9.17) is 16.4 Å². The van der Waals surface area contributed by atoms with Gasteiger partial charge in [-0.3, -0.25) is 4.84 Å². The van der Waals surface area contributed by atoms with Crippen molar-refractivity contribution in [2.24, 2.45) is 16.7 Å². The lowest BCUT2D eigenvalue weighted by Crippen LogP contribution is -2.46.